The van der Waals surface area contributed by atoms with Gasteiger partial charge in [0.1, 0.15) is 16.4 Å². The Balaban J connectivity index is 1.63. The first kappa shape index (κ1) is 22.0. The molecule has 2 heterocycles. The third-order valence-electron chi connectivity index (χ3n) is 5.36. The lowest BCUT2D eigenvalue weighted by Crippen LogP contribution is -2.43. The lowest BCUT2D eigenvalue weighted by Gasteiger charge is -2.32. The fraction of sp³-hybridized carbons (Fsp3) is 0.400. The van der Waals surface area contributed by atoms with E-state index in [1.54, 1.807) is 31.1 Å². The molecule has 0 atom stereocenters. The number of aryl methyl sites for hydroxylation is 1. The minimum Gasteiger partial charge on any atom is -0.364 e. The number of rotatable bonds is 6. The molecule has 0 radical (unpaired) electrons. The first-order valence-electron chi connectivity index (χ1n) is 9.55. The average molecular weight is 437 g/mol. The van der Waals surface area contributed by atoms with E-state index in [0.29, 0.717) is 18.4 Å². The molecule has 1 aliphatic rings. The molecule has 1 saturated heterocycles. The Hall–Kier alpha value is -2.72. The van der Waals surface area contributed by atoms with E-state index in [4.69, 9.17) is 5.73 Å². The van der Waals surface area contributed by atoms with Gasteiger partial charge in [-0.1, -0.05) is 12.1 Å². The van der Waals surface area contributed by atoms with Gasteiger partial charge in [0.2, 0.25) is 15.9 Å². The number of aromatic nitrogens is 1. The summed E-state index contributed by atoms with van der Waals surface area (Å²) >= 11 is 0. The summed E-state index contributed by atoms with van der Waals surface area (Å²) in [4.78, 5) is 25.7. The second kappa shape index (κ2) is 8.57. The molecule has 1 aromatic carbocycles. The van der Waals surface area contributed by atoms with E-state index in [0.717, 1.165) is 0 Å². The van der Waals surface area contributed by atoms with E-state index < -0.39 is 15.9 Å². The van der Waals surface area contributed by atoms with E-state index in [1.165, 1.54) is 33.3 Å². The van der Waals surface area contributed by atoms with Crippen LogP contribution in [0, 0.1) is 11.7 Å². The summed E-state index contributed by atoms with van der Waals surface area (Å²) in [5.74, 6) is -1.45. The second-order valence-electron chi connectivity index (χ2n) is 7.54. The number of nitrogens with zero attached hydrogens (tertiary/aromatic N) is 3. The second-order valence-corrected chi connectivity index (χ2v) is 9.48. The van der Waals surface area contributed by atoms with Crippen LogP contribution in [0.4, 0.5) is 4.39 Å². The van der Waals surface area contributed by atoms with Gasteiger partial charge < -0.3 is 15.2 Å². The Morgan fingerprint density at radius 3 is 2.47 bits per heavy atom. The zero-order chi connectivity index (χ0) is 22.1. The summed E-state index contributed by atoms with van der Waals surface area (Å²) in [7, 11) is -0.569. The molecule has 1 aromatic heterocycles. The number of carbonyl (C=O) groups excluding carboxylic acids is 2. The van der Waals surface area contributed by atoms with E-state index in [9.17, 15) is 22.4 Å². The lowest BCUT2D eigenvalue weighted by atomic mass is 9.96. The number of sulfonamides is 1. The van der Waals surface area contributed by atoms with Gasteiger partial charge in [-0.2, -0.15) is 4.31 Å². The Kier molecular flexibility index (Phi) is 6.27. The first-order chi connectivity index (χ1) is 14.1. The molecule has 10 heteroatoms. The number of amides is 2. The van der Waals surface area contributed by atoms with Gasteiger partial charge in [-0.25, -0.2) is 12.8 Å². The molecule has 1 aliphatic heterocycles. The maximum absolute atomic E-state index is 13.3. The maximum Gasteiger partial charge on any atom is 0.265 e. The zero-order valence-electron chi connectivity index (χ0n) is 16.9. The summed E-state index contributed by atoms with van der Waals surface area (Å²) in [5.41, 5.74) is 6.07. The molecule has 2 aromatic rings. The Morgan fingerprint density at radius 2 is 1.90 bits per heavy atom. The van der Waals surface area contributed by atoms with Crippen molar-refractivity contribution in [1.29, 1.82) is 0 Å². The van der Waals surface area contributed by atoms with Crippen molar-refractivity contribution in [1.82, 2.24) is 13.8 Å². The number of primary amides is 1. The molecule has 0 aliphatic carbocycles. The van der Waals surface area contributed by atoms with Crippen LogP contribution in [-0.2, 0) is 28.4 Å². The summed E-state index contributed by atoms with van der Waals surface area (Å²) < 4.78 is 41.8. The van der Waals surface area contributed by atoms with Crippen LogP contribution in [0.25, 0.3) is 0 Å². The molecule has 0 spiro atoms. The quantitative estimate of drug-likeness (QED) is 0.737. The van der Waals surface area contributed by atoms with Gasteiger partial charge in [-0.3, -0.25) is 9.59 Å². The van der Waals surface area contributed by atoms with Crippen LogP contribution in [0.2, 0.25) is 0 Å². The number of hydrogen-bond acceptors (Lipinski definition) is 4. The monoisotopic (exact) mass is 436 g/mol. The molecule has 1 fully saturated rings. The molecular formula is C20H25FN4O4S. The van der Waals surface area contributed by atoms with E-state index in [-0.39, 0.29) is 47.9 Å². The van der Waals surface area contributed by atoms with Crippen LogP contribution in [-0.4, -0.2) is 54.1 Å². The Bertz CT molecular complexity index is 1060. The molecule has 0 saturated carbocycles. The molecule has 0 bridgehead atoms. The smallest absolute Gasteiger partial charge is 0.265 e. The van der Waals surface area contributed by atoms with Crippen LogP contribution in [0.1, 0.15) is 28.9 Å². The number of halogens is 1. The zero-order valence-corrected chi connectivity index (χ0v) is 17.7. The van der Waals surface area contributed by atoms with Crippen molar-refractivity contribution in [2.24, 2.45) is 18.7 Å². The number of piperidine rings is 1. The SMILES string of the molecule is CN(Cc1cccc(F)c1)C(=O)C1CCN(S(=O)(=O)c2cc(C(N)=O)n(C)c2)CC1. The minimum absolute atomic E-state index is 0.00630. The van der Waals surface area contributed by atoms with E-state index in [2.05, 4.69) is 0 Å². The van der Waals surface area contributed by atoms with Crippen molar-refractivity contribution in [2.45, 2.75) is 24.3 Å². The standard InChI is InChI=1S/C20H25FN4O4S/c1-23-13-17(11-18(23)19(22)26)30(28,29)25-8-6-15(7-9-25)20(27)24(2)12-14-4-3-5-16(21)10-14/h3-5,10-11,13,15H,6-9,12H2,1-2H3,(H2,22,26). The van der Waals surface area contributed by atoms with Crippen molar-refractivity contribution in [3.8, 4) is 0 Å². The predicted octanol–water partition coefficient (Wildman–Crippen LogP) is 1.32. The average Bonchev–Trinajstić information content (AvgIpc) is 3.10. The number of nitrogens with two attached hydrogens (primary N) is 1. The fourth-order valence-electron chi connectivity index (χ4n) is 3.71. The van der Waals surface area contributed by atoms with Gasteiger partial charge in [0.25, 0.3) is 5.91 Å². The number of hydrogen-bond donors (Lipinski definition) is 1. The van der Waals surface area contributed by atoms with Crippen molar-refractivity contribution >= 4 is 21.8 Å². The Labute approximate surface area is 175 Å². The number of benzene rings is 1. The van der Waals surface area contributed by atoms with Gasteiger partial charge >= 0.3 is 0 Å². The van der Waals surface area contributed by atoms with Gasteiger partial charge in [-0.15, -0.1) is 0 Å². The lowest BCUT2D eigenvalue weighted by molar-refractivity contribution is -0.135. The molecule has 8 nitrogen and oxygen atoms in total. The van der Waals surface area contributed by atoms with Crippen molar-refractivity contribution < 1.29 is 22.4 Å². The molecule has 2 amide bonds. The van der Waals surface area contributed by atoms with Crippen LogP contribution < -0.4 is 5.73 Å². The normalized spacial score (nSPS) is 15.8. The first-order valence-corrected chi connectivity index (χ1v) is 11.0. The van der Waals surface area contributed by atoms with Crippen LogP contribution >= 0.6 is 0 Å². The van der Waals surface area contributed by atoms with Gasteiger partial charge in [0.05, 0.1) is 0 Å². The predicted molar refractivity (Wildman–Crippen MR) is 108 cm³/mol. The third kappa shape index (κ3) is 4.54. The van der Waals surface area contributed by atoms with Crippen molar-refractivity contribution in [3.63, 3.8) is 0 Å². The topological polar surface area (TPSA) is 106 Å². The number of carbonyl (C=O) groups is 2. The van der Waals surface area contributed by atoms with Gasteiger partial charge in [0.15, 0.2) is 0 Å². The van der Waals surface area contributed by atoms with Crippen molar-refractivity contribution in [2.75, 3.05) is 20.1 Å². The van der Waals surface area contributed by atoms with E-state index in [1.807, 2.05) is 0 Å². The Morgan fingerprint density at radius 1 is 1.23 bits per heavy atom. The fourth-order valence-corrected chi connectivity index (χ4v) is 5.25. The summed E-state index contributed by atoms with van der Waals surface area (Å²) in [6, 6.07) is 7.35. The third-order valence-corrected chi connectivity index (χ3v) is 7.22. The molecular weight excluding hydrogens is 411 g/mol. The maximum atomic E-state index is 13.3. The molecule has 162 valence electrons. The van der Waals surface area contributed by atoms with Gasteiger partial charge in [-0.05, 0) is 36.6 Å². The highest BCUT2D eigenvalue weighted by Crippen LogP contribution is 2.26. The largest absolute Gasteiger partial charge is 0.364 e. The van der Waals surface area contributed by atoms with Crippen LogP contribution in [0.3, 0.4) is 0 Å². The molecule has 2 N–H and O–H groups in total. The van der Waals surface area contributed by atoms with Crippen LogP contribution in [0.15, 0.2) is 41.4 Å². The molecule has 0 unspecified atom stereocenters. The molecule has 3 rings (SSSR count). The summed E-state index contributed by atoms with van der Waals surface area (Å²) in [6.07, 6.45) is 2.14. The summed E-state index contributed by atoms with van der Waals surface area (Å²) in [5, 5.41) is 0. The summed E-state index contributed by atoms with van der Waals surface area (Å²) in [6.45, 7) is 0.690. The molecule has 30 heavy (non-hydrogen) atoms. The van der Waals surface area contributed by atoms with Crippen molar-refractivity contribution in [3.05, 3.63) is 53.6 Å². The van der Waals surface area contributed by atoms with Gasteiger partial charge in [0, 0.05) is 45.8 Å². The highest BCUT2D eigenvalue weighted by Gasteiger charge is 2.34. The highest BCUT2D eigenvalue weighted by molar-refractivity contribution is 7.89. The van der Waals surface area contributed by atoms with E-state index >= 15 is 0 Å². The highest BCUT2D eigenvalue weighted by atomic mass is 32.2. The minimum atomic E-state index is -3.78. The van der Waals surface area contributed by atoms with Crippen LogP contribution in [0.5, 0.6) is 0 Å².